The molecule has 4 heteroatoms. The van der Waals surface area contributed by atoms with Gasteiger partial charge in [-0.3, -0.25) is 4.79 Å². The van der Waals surface area contributed by atoms with Gasteiger partial charge in [0.25, 0.3) is 0 Å². The molecule has 1 fully saturated rings. The van der Waals surface area contributed by atoms with Crippen LogP contribution in [0.5, 0.6) is 0 Å². The quantitative estimate of drug-likeness (QED) is 0.886. The number of para-hydroxylation sites is 1. The van der Waals surface area contributed by atoms with Crippen LogP contribution in [0.2, 0.25) is 0 Å². The molecule has 2 aliphatic heterocycles. The summed E-state index contributed by atoms with van der Waals surface area (Å²) in [6, 6.07) is 8.10. The van der Waals surface area contributed by atoms with Crippen LogP contribution in [0, 0.1) is 5.92 Å². The van der Waals surface area contributed by atoms with E-state index in [0.717, 1.165) is 38.1 Å². The Kier molecular flexibility index (Phi) is 3.92. The number of ether oxygens (including phenoxy) is 1. The zero-order valence-corrected chi connectivity index (χ0v) is 11.9. The van der Waals surface area contributed by atoms with Crippen LogP contribution in [0.3, 0.4) is 0 Å². The van der Waals surface area contributed by atoms with Crippen LogP contribution in [0.15, 0.2) is 24.3 Å². The normalized spacial score (nSPS) is 28.6. The third-order valence-electron chi connectivity index (χ3n) is 4.44. The molecular formula is C16H22N2O2. The Balaban J connectivity index is 1.54. The Morgan fingerprint density at radius 1 is 1.40 bits per heavy atom. The molecule has 0 radical (unpaired) electrons. The molecule has 2 aliphatic rings. The van der Waals surface area contributed by atoms with Crippen molar-refractivity contribution in [3.8, 4) is 0 Å². The summed E-state index contributed by atoms with van der Waals surface area (Å²) in [4.78, 5) is 12.3. The fraction of sp³-hybridized carbons (Fsp3) is 0.562. The lowest BCUT2D eigenvalue weighted by Crippen LogP contribution is -2.44. The van der Waals surface area contributed by atoms with Crippen molar-refractivity contribution in [1.29, 1.82) is 0 Å². The first kappa shape index (κ1) is 13.4. The van der Waals surface area contributed by atoms with Crippen molar-refractivity contribution in [2.45, 2.75) is 38.3 Å². The summed E-state index contributed by atoms with van der Waals surface area (Å²) >= 11 is 0. The Labute approximate surface area is 119 Å². The number of hydrogen-bond acceptors (Lipinski definition) is 3. The minimum Gasteiger partial charge on any atom is -0.378 e. The zero-order chi connectivity index (χ0) is 13.9. The first-order valence-electron chi connectivity index (χ1n) is 7.48. The van der Waals surface area contributed by atoms with Gasteiger partial charge in [0.15, 0.2) is 0 Å². The van der Waals surface area contributed by atoms with Crippen LogP contribution < -0.4 is 10.6 Å². The number of aryl methyl sites for hydroxylation is 1. The molecule has 0 spiro atoms. The molecule has 1 saturated heterocycles. The molecule has 3 rings (SSSR count). The van der Waals surface area contributed by atoms with Crippen molar-refractivity contribution >= 4 is 11.6 Å². The van der Waals surface area contributed by atoms with E-state index in [9.17, 15) is 4.79 Å². The molecule has 4 nitrogen and oxygen atoms in total. The van der Waals surface area contributed by atoms with Crippen LogP contribution in [0.4, 0.5) is 5.69 Å². The highest BCUT2D eigenvalue weighted by Gasteiger charge is 2.27. The number of fused-ring (bicyclic) bond motifs is 1. The van der Waals surface area contributed by atoms with E-state index < -0.39 is 0 Å². The van der Waals surface area contributed by atoms with Gasteiger partial charge in [-0.05, 0) is 37.8 Å². The zero-order valence-electron chi connectivity index (χ0n) is 11.9. The van der Waals surface area contributed by atoms with Crippen LogP contribution in [-0.4, -0.2) is 31.2 Å². The van der Waals surface area contributed by atoms with Gasteiger partial charge in [-0.2, -0.15) is 0 Å². The highest BCUT2D eigenvalue weighted by Crippen LogP contribution is 2.24. The van der Waals surface area contributed by atoms with Crippen LogP contribution in [-0.2, 0) is 16.0 Å². The number of carbonyl (C=O) groups excluding carboxylic acids is 1. The maximum atomic E-state index is 12.3. The molecule has 3 unspecified atom stereocenters. The van der Waals surface area contributed by atoms with Crippen molar-refractivity contribution in [2.24, 2.45) is 5.92 Å². The Hall–Kier alpha value is -1.55. The minimum atomic E-state index is -0.109. The molecule has 3 atom stereocenters. The summed E-state index contributed by atoms with van der Waals surface area (Å²) in [6.07, 6.45) is 3.13. The molecule has 1 aromatic carbocycles. The van der Waals surface area contributed by atoms with E-state index in [4.69, 9.17) is 4.74 Å². The maximum absolute atomic E-state index is 12.3. The second kappa shape index (κ2) is 5.83. The monoisotopic (exact) mass is 274 g/mol. The van der Waals surface area contributed by atoms with Crippen molar-refractivity contribution in [3.05, 3.63) is 29.8 Å². The molecule has 20 heavy (non-hydrogen) atoms. The van der Waals surface area contributed by atoms with E-state index in [1.54, 1.807) is 0 Å². The molecular weight excluding hydrogens is 252 g/mol. The van der Waals surface area contributed by atoms with Crippen molar-refractivity contribution in [3.63, 3.8) is 0 Å². The third kappa shape index (κ3) is 2.80. The van der Waals surface area contributed by atoms with Gasteiger partial charge in [0.2, 0.25) is 5.91 Å². The summed E-state index contributed by atoms with van der Waals surface area (Å²) in [5, 5.41) is 6.41. The molecule has 0 aliphatic carbocycles. The van der Waals surface area contributed by atoms with Gasteiger partial charge >= 0.3 is 0 Å². The lowest BCUT2D eigenvalue weighted by molar-refractivity contribution is -0.122. The Morgan fingerprint density at radius 3 is 3.05 bits per heavy atom. The number of benzene rings is 1. The summed E-state index contributed by atoms with van der Waals surface area (Å²) < 4.78 is 5.52. The minimum absolute atomic E-state index is 0.109. The van der Waals surface area contributed by atoms with E-state index in [-0.39, 0.29) is 18.1 Å². The molecule has 2 heterocycles. The number of hydrogen-bond donors (Lipinski definition) is 2. The van der Waals surface area contributed by atoms with Gasteiger partial charge in [-0.15, -0.1) is 0 Å². The van der Waals surface area contributed by atoms with Crippen molar-refractivity contribution < 1.29 is 9.53 Å². The standard InChI is InChI=1S/C16H22N2O2/c1-11-13(8-9-20-11)10-17-16(19)15-7-6-12-4-2-3-5-14(12)18-15/h2-5,11,13,15,18H,6-10H2,1H3,(H,17,19). The van der Waals surface area contributed by atoms with E-state index in [1.165, 1.54) is 5.56 Å². The number of rotatable bonds is 3. The lowest BCUT2D eigenvalue weighted by atomic mass is 9.97. The van der Waals surface area contributed by atoms with Crippen molar-refractivity contribution in [2.75, 3.05) is 18.5 Å². The van der Waals surface area contributed by atoms with E-state index in [0.29, 0.717) is 5.92 Å². The van der Waals surface area contributed by atoms with Gasteiger partial charge in [-0.25, -0.2) is 0 Å². The van der Waals surface area contributed by atoms with Crippen molar-refractivity contribution in [1.82, 2.24) is 5.32 Å². The summed E-state index contributed by atoms with van der Waals surface area (Å²) in [5.74, 6) is 0.563. The predicted molar refractivity (Wildman–Crippen MR) is 78.7 cm³/mol. The average Bonchev–Trinajstić information content (AvgIpc) is 2.89. The van der Waals surface area contributed by atoms with Gasteiger partial charge in [0, 0.05) is 24.8 Å². The third-order valence-corrected chi connectivity index (χ3v) is 4.44. The van der Waals surface area contributed by atoms with E-state index in [1.807, 2.05) is 18.2 Å². The topological polar surface area (TPSA) is 50.4 Å². The summed E-state index contributed by atoms with van der Waals surface area (Å²) in [6.45, 7) is 3.62. The highest BCUT2D eigenvalue weighted by molar-refractivity contribution is 5.85. The molecule has 0 saturated carbocycles. The molecule has 0 bridgehead atoms. The largest absolute Gasteiger partial charge is 0.378 e. The van der Waals surface area contributed by atoms with E-state index in [2.05, 4.69) is 23.6 Å². The summed E-state index contributed by atoms with van der Waals surface area (Å²) in [7, 11) is 0. The van der Waals surface area contributed by atoms with E-state index >= 15 is 0 Å². The number of anilines is 1. The second-order valence-electron chi connectivity index (χ2n) is 5.76. The summed E-state index contributed by atoms with van der Waals surface area (Å²) in [5.41, 5.74) is 2.39. The second-order valence-corrected chi connectivity index (χ2v) is 5.76. The number of carbonyl (C=O) groups is 1. The van der Waals surface area contributed by atoms with Crippen LogP contribution >= 0.6 is 0 Å². The number of amides is 1. The van der Waals surface area contributed by atoms with Crippen LogP contribution in [0.25, 0.3) is 0 Å². The Morgan fingerprint density at radius 2 is 2.25 bits per heavy atom. The van der Waals surface area contributed by atoms with Gasteiger partial charge in [0.1, 0.15) is 6.04 Å². The molecule has 1 aromatic rings. The first-order chi connectivity index (χ1) is 9.74. The maximum Gasteiger partial charge on any atom is 0.242 e. The average molecular weight is 274 g/mol. The van der Waals surface area contributed by atoms with Gasteiger partial charge < -0.3 is 15.4 Å². The van der Waals surface area contributed by atoms with Gasteiger partial charge in [-0.1, -0.05) is 18.2 Å². The predicted octanol–water partition coefficient (Wildman–Crippen LogP) is 1.95. The van der Waals surface area contributed by atoms with Crippen LogP contribution in [0.1, 0.15) is 25.3 Å². The lowest BCUT2D eigenvalue weighted by Gasteiger charge is -2.26. The Bertz CT molecular complexity index is 489. The molecule has 1 amide bonds. The van der Waals surface area contributed by atoms with Gasteiger partial charge in [0.05, 0.1) is 6.10 Å². The first-order valence-corrected chi connectivity index (χ1v) is 7.48. The molecule has 108 valence electrons. The number of nitrogens with one attached hydrogen (secondary N) is 2. The molecule has 2 N–H and O–H groups in total. The highest BCUT2D eigenvalue weighted by atomic mass is 16.5. The molecule has 0 aromatic heterocycles. The SMILES string of the molecule is CC1OCCC1CNC(=O)C1CCc2ccccc2N1. The fourth-order valence-corrected chi connectivity index (χ4v) is 3.03. The smallest absolute Gasteiger partial charge is 0.242 e. The fourth-order valence-electron chi connectivity index (χ4n) is 3.03.